The van der Waals surface area contributed by atoms with Gasteiger partial charge in [-0.1, -0.05) is 19.1 Å². The van der Waals surface area contributed by atoms with Gasteiger partial charge >= 0.3 is 0 Å². The Balaban J connectivity index is 2.46. The monoisotopic (exact) mass is 205 g/mol. The number of aliphatic hydroxyl groups is 1. The van der Waals surface area contributed by atoms with Crippen LogP contribution in [0.15, 0.2) is 18.2 Å². The van der Waals surface area contributed by atoms with Gasteiger partial charge in [0.15, 0.2) is 0 Å². The maximum Gasteiger partial charge on any atom is 0.0919 e. The summed E-state index contributed by atoms with van der Waals surface area (Å²) >= 11 is 0. The van der Waals surface area contributed by atoms with Gasteiger partial charge in [0.2, 0.25) is 0 Å². The van der Waals surface area contributed by atoms with E-state index in [2.05, 4.69) is 30.0 Å². The van der Waals surface area contributed by atoms with Crippen molar-refractivity contribution in [1.82, 2.24) is 0 Å². The topological polar surface area (TPSA) is 23.5 Å². The molecule has 0 amide bonds. The first-order valence-corrected chi connectivity index (χ1v) is 5.60. The van der Waals surface area contributed by atoms with Gasteiger partial charge in [-0.2, -0.15) is 0 Å². The Morgan fingerprint density at radius 3 is 2.47 bits per heavy atom. The Morgan fingerprint density at radius 2 is 2.00 bits per heavy atom. The van der Waals surface area contributed by atoms with Gasteiger partial charge in [-0.25, -0.2) is 0 Å². The van der Waals surface area contributed by atoms with E-state index in [1.165, 1.54) is 5.56 Å². The quantitative estimate of drug-likeness (QED) is 0.818. The number of hydrogen-bond acceptors (Lipinski definition) is 2. The van der Waals surface area contributed by atoms with Crippen LogP contribution in [0, 0.1) is 0 Å². The molecule has 1 saturated carbocycles. The van der Waals surface area contributed by atoms with E-state index < -0.39 is 5.60 Å². The molecule has 1 aromatic carbocycles. The van der Waals surface area contributed by atoms with E-state index in [9.17, 15) is 5.11 Å². The summed E-state index contributed by atoms with van der Waals surface area (Å²) in [6, 6.07) is 6.41. The van der Waals surface area contributed by atoms with Crippen molar-refractivity contribution in [1.29, 1.82) is 0 Å². The fraction of sp³-hybridized carbons (Fsp3) is 0.538. The van der Waals surface area contributed by atoms with Gasteiger partial charge in [-0.05, 0) is 30.9 Å². The number of rotatable bonds is 3. The summed E-state index contributed by atoms with van der Waals surface area (Å²) in [6.07, 6.45) is 2.83. The average Bonchev–Trinajstić information content (AvgIpc) is 2.97. The number of benzene rings is 1. The van der Waals surface area contributed by atoms with Crippen LogP contribution in [0.4, 0.5) is 5.69 Å². The Bertz CT molecular complexity index is 367. The molecule has 0 atom stereocenters. The molecule has 0 radical (unpaired) electrons. The maximum atomic E-state index is 10.2. The van der Waals surface area contributed by atoms with Crippen LogP contribution in [-0.2, 0) is 12.0 Å². The molecule has 0 heterocycles. The summed E-state index contributed by atoms with van der Waals surface area (Å²) in [7, 11) is 4.05. The van der Waals surface area contributed by atoms with Crippen LogP contribution >= 0.6 is 0 Å². The van der Waals surface area contributed by atoms with Gasteiger partial charge in [0.1, 0.15) is 0 Å². The summed E-state index contributed by atoms with van der Waals surface area (Å²) in [5, 5.41) is 10.2. The van der Waals surface area contributed by atoms with Gasteiger partial charge in [-0.15, -0.1) is 0 Å². The predicted molar refractivity (Wildman–Crippen MR) is 63.3 cm³/mol. The first-order valence-electron chi connectivity index (χ1n) is 5.60. The maximum absolute atomic E-state index is 10.2. The molecule has 0 unspecified atom stereocenters. The van der Waals surface area contributed by atoms with Crippen LogP contribution < -0.4 is 4.90 Å². The van der Waals surface area contributed by atoms with Crippen molar-refractivity contribution in [2.45, 2.75) is 31.8 Å². The Hall–Kier alpha value is -1.02. The molecule has 2 nitrogen and oxygen atoms in total. The molecule has 0 aromatic heterocycles. The number of aryl methyl sites for hydroxylation is 1. The third-order valence-electron chi connectivity index (χ3n) is 3.18. The van der Waals surface area contributed by atoms with Crippen LogP contribution in [0.25, 0.3) is 0 Å². The highest BCUT2D eigenvalue weighted by atomic mass is 16.3. The van der Waals surface area contributed by atoms with E-state index in [1.54, 1.807) is 0 Å². The van der Waals surface area contributed by atoms with E-state index in [1.807, 2.05) is 14.1 Å². The lowest BCUT2D eigenvalue weighted by molar-refractivity contribution is 0.152. The van der Waals surface area contributed by atoms with Crippen molar-refractivity contribution in [3.8, 4) is 0 Å². The second-order valence-corrected chi connectivity index (χ2v) is 4.63. The molecule has 82 valence electrons. The van der Waals surface area contributed by atoms with Gasteiger partial charge in [-0.3, -0.25) is 0 Å². The van der Waals surface area contributed by atoms with Crippen molar-refractivity contribution in [2.24, 2.45) is 0 Å². The molecule has 1 fully saturated rings. The summed E-state index contributed by atoms with van der Waals surface area (Å²) in [5.41, 5.74) is 3.01. The molecule has 0 saturated heterocycles. The molecule has 1 aliphatic rings. The van der Waals surface area contributed by atoms with E-state index in [0.29, 0.717) is 0 Å². The molecule has 2 rings (SSSR count). The minimum absolute atomic E-state index is 0.537. The first-order chi connectivity index (χ1) is 7.07. The predicted octanol–water partition coefficient (Wildman–Crippen LogP) is 2.30. The summed E-state index contributed by atoms with van der Waals surface area (Å²) < 4.78 is 0. The number of nitrogens with zero attached hydrogens (tertiary/aromatic N) is 1. The molecular formula is C13H19NO. The van der Waals surface area contributed by atoms with E-state index >= 15 is 0 Å². The highest BCUT2D eigenvalue weighted by Gasteiger charge is 2.44. The van der Waals surface area contributed by atoms with Crippen LogP contribution in [0.3, 0.4) is 0 Å². The minimum Gasteiger partial charge on any atom is -0.385 e. The van der Waals surface area contributed by atoms with Crippen molar-refractivity contribution in [3.05, 3.63) is 29.3 Å². The Morgan fingerprint density at radius 1 is 1.33 bits per heavy atom. The summed E-state index contributed by atoms with van der Waals surface area (Å²) in [5.74, 6) is 0. The highest BCUT2D eigenvalue weighted by molar-refractivity contribution is 5.58. The molecular weight excluding hydrogens is 186 g/mol. The van der Waals surface area contributed by atoms with Gasteiger partial charge < -0.3 is 10.0 Å². The lowest BCUT2D eigenvalue weighted by atomic mass is 10.0. The average molecular weight is 205 g/mol. The Labute approximate surface area is 91.5 Å². The number of anilines is 1. The Kier molecular flexibility index (Phi) is 2.47. The van der Waals surface area contributed by atoms with Crippen molar-refractivity contribution >= 4 is 5.69 Å². The third kappa shape index (κ3) is 1.86. The van der Waals surface area contributed by atoms with Crippen LogP contribution in [0.1, 0.15) is 30.9 Å². The molecule has 2 heteroatoms. The molecule has 1 aliphatic carbocycles. The molecule has 0 bridgehead atoms. The molecule has 15 heavy (non-hydrogen) atoms. The van der Waals surface area contributed by atoms with Gasteiger partial charge in [0.25, 0.3) is 0 Å². The molecule has 0 aliphatic heterocycles. The lowest BCUT2D eigenvalue weighted by Gasteiger charge is -2.21. The highest BCUT2D eigenvalue weighted by Crippen LogP contribution is 2.48. The summed E-state index contributed by atoms with van der Waals surface area (Å²) in [4.78, 5) is 2.07. The second kappa shape index (κ2) is 3.53. The lowest BCUT2D eigenvalue weighted by Crippen LogP contribution is -2.16. The van der Waals surface area contributed by atoms with Crippen LogP contribution in [-0.4, -0.2) is 19.2 Å². The van der Waals surface area contributed by atoms with Crippen molar-refractivity contribution in [2.75, 3.05) is 19.0 Å². The van der Waals surface area contributed by atoms with Crippen molar-refractivity contribution < 1.29 is 5.11 Å². The third-order valence-corrected chi connectivity index (χ3v) is 3.18. The standard InChI is InChI=1S/C13H19NO/c1-4-10-5-6-12(14(2)3)11(9-10)13(15)7-8-13/h5-6,9,15H,4,7-8H2,1-3H3. The van der Waals surface area contributed by atoms with E-state index in [0.717, 1.165) is 30.5 Å². The van der Waals surface area contributed by atoms with E-state index in [-0.39, 0.29) is 0 Å². The zero-order valence-corrected chi connectivity index (χ0v) is 9.75. The molecule has 1 N–H and O–H groups in total. The number of hydrogen-bond donors (Lipinski definition) is 1. The van der Waals surface area contributed by atoms with Gasteiger partial charge in [0, 0.05) is 25.3 Å². The first kappa shape index (κ1) is 10.5. The molecule has 0 spiro atoms. The molecule has 1 aromatic rings. The van der Waals surface area contributed by atoms with Crippen LogP contribution in [0.5, 0.6) is 0 Å². The zero-order valence-electron chi connectivity index (χ0n) is 9.75. The smallest absolute Gasteiger partial charge is 0.0919 e. The van der Waals surface area contributed by atoms with Gasteiger partial charge in [0.05, 0.1) is 5.60 Å². The second-order valence-electron chi connectivity index (χ2n) is 4.63. The fourth-order valence-electron chi connectivity index (χ4n) is 1.95. The SMILES string of the molecule is CCc1ccc(N(C)C)c(C2(O)CC2)c1. The van der Waals surface area contributed by atoms with Crippen LogP contribution in [0.2, 0.25) is 0 Å². The largest absolute Gasteiger partial charge is 0.385 e. The normalized spacial score (nSPS) is 17.6. The van der Waals surface area contributed by atoms with Crippen molar-refractivity contribution in [3.63, 3.8) is 0 Å². The zero-order chi connectivity index (χ0) is 11.1. The minimum atomic E-state index is -0.537. The van der Waals surface area contributed by atoms with E-state index in [4.69, 9.17) is 0 Å². The fourth-order valence-corrected chi connectivity index (χ4v) is 1.95. The summed E-state index contributed by atoms with van der Waals surface area (Å²) in [6.45, 7) is 2.14.